The molecule has 2 rings (SSSR count). The number of hydrogen-bond acceptors (Lipinski definition) is 2. The van der Waals surface area contributed by atoms with Gasteiger partial charge in [0.25, 0.3) is 0 Å². The summed E-state index contributed by atoms with van der Waals surface area (Å²) in [6.45, 7) is 10.4. The summed E-state index contributed by atoms with van der Waals surface area (Å²) in [7, 11) is 0. The molecule has 88 valence electrons. The maximum Gasteiger partial charge on any atom is 0.0720 e. The van der Waals surface area contributed by atoms with Crippen molar-refractivity contribution in [3.63, 3.8) is 0 Å². The van der Waals surface area contributed by atoms with Crippen molar-refractivity contribution in [1.29, 1.82) is 0 Å². The Morgan fingerprint density at radius 2 is 1.73 bits per heavy atom. The van der Waals surface area contributed by atoms with Gasteiger partial charge in [0.1, 0.15) is 0 Å². The Balaban J connectivity index is 1.91. The van der Waals surface area contributed by atoms with E-state index in [1.165, 1.54) is 19.3 Å². The Hall–Kier alpha value is -0.0800. The molecular weight excluding hydrogens is 186 g/mol. The van der Waals surface area contributed by atoms with Crippen LogP contribution in [0, 0.1) is 5.92 Å². The second-order valence-corrected chi connectivity index (χ2v) is 5.80. The number of nitrogens with zero attached hydrogens (tertiary/aromatic N) is 1. The molecule has 2 aliphatic rings. The zero-order chi connectivity index (χ0) is 11.0. The summed E-state index contributed by atoms with van der Waals surface area (Å²) in [5.74, 6) is 0.750. The Morgan fingerprint density at radius 1 is 1.07 bits per heavy atom. The SMILES string of the molecule is CC(C)[C@@H]1C[C@H](OC2CC2)CN1C(C)C. The third kappa shape index (κ3) is 2.73. The quantitative estimate of drug-likeness (QED) is 0.709. The molecule has 0 unspecified atom stereocenters. The first-order chi connectivity index (χ1) is 7.08. The fraction of sp³-hybridized carbons (Fsp3) is 1.00. The highest BCUT2D eigenvalue weighted by Crippen LogP contribution is 2.32. The molecule has 2 nitrogen and oxygen atoms in total. The fourth-order valence-corrected chi connectivity index (χ4v) is 2.67. The molecule has 0 bridgehead atoms. The zero-order valence-electron chi connectivity index (χ0n) is 10.6. The van der Waals surface area contributed by atoms with Gasteiger partial charge in [-0.3, -0.25) is 4.90 Å². The molecule has 0 spiro atoms. The standard InChI is InChI=1S/C13H25NO/c1-9(2)13-7-12(15-11-5-6-11)8-14(13)10(3)4/h9-13H,5-8H2,1-4H3/t12-,13-/m0/s1. The van der Waals surface area contributed by atoms with Crippen molar-refractivity contribution >= 4 is 0 Å². The van der Waals surface area contributed by atoms with Crippen LogP contribution < -0.4 is 0 Å². The first-order valence-electron chi connectivity index (χ1n) is 6.49. The van der Waals surface area contributed by atoms with Gasteiger partial charge < -0.3 is 4.74 Å². The molecule has 2 fully saturated rings. The average Bonchev–Trinajstić information content (AvgIpc) is 2.81. The van der Waals surface area contributed by atoms with Gasteiger partial charge in [-0.25, -0.2) is 0 Å². The Kier molecular flexibility index (Phi) is 3.36. The summed E-state index contributed by atoms with van der Waals surface area (Å²) in [6, 6.07) is 1.39. The molecule has 0 radical (unpaired) electrons. The average molecular weight is 211 g/mol. The molecule has 15 heavy (non-hydrogen) atoms. The van der Waals surface area contributed by atoms with Gasteiger partial charge in [-0.15, -0.1) is 0 Å². The third-order valence-electron chi connectivity index (χ3n) is 3.69. The van der Waals surface area contributed by atoms with Crippen LogP contribution in [0.2, 0.25) is 0 Å². The predicted molar refractivity (Wildman–Crippen MR) is 63.0 cm³/mol. The van der Waals surface area contributed by atoms with Crippen LogP contribution in [-0.4, -0.2) is 35.7 Å². The second kappa shape index (κ2) is 4.42. The Bertz CT molecular complexity index is 195. The molecule has 0 aromatic carbocycles. The minimum absolute atomic E-state index is 0.507. The van der Waals surface area contributed by atoms with Crippen LogP contribution in [0.4, 0.5) is 0 Å². The summed E-state index contributed by atoms with van der Waals surface area (Å²) in [6.07, 6.45) is 4.95. The van der Waals surface area contributed by atoms with E-state index in [9.17, 15) is 0 Å². The first-order valence-corrected chi connectivity index (χ1v) is 6.49. The van der Waals surface area contributed by atoms with Crippen LogP contribution in [0.3, 0.4) is 0 Å². The normalized spacial score (nSPS) is 33.2. The Labute approximate surface area is 94.0 Å². The molecule has 1 aliphatic heterocycles. The van der Waals surface area contributed by atoms with E-state index in [1.807, 2.05) is 0 Å². The van der Waals surface area contributed by atoms with Crippen LogP contribution in [0.1, 0.15) is 47.0 Å². The first kappa shape index (κ1) is 11.4. The van der Waals surface area contributed by atoms with Gasteiger partial charge in [-0.2, -0.15) is 0 Å². The molecule has 1 heterocycles. The largest absolute Gasteiger partial charge is 0.374 e. The highest BCUT2D eigenvalue weighted by atomic mass is 16.5. The van der Waals surface area contributed by atoms with Gasteiger partial charge in [-0.05, 0) is 39.0 Å². The van der Waals surface area contributed by atoms with Crippen molar-refractivity contribution in [1.82, 2.24) is 4.90 Å². The molecule has 2 atom stereocenters. The van der Waals surface area contributed by atoms with Crippen molar-refractivity contribution in [2.75, 3.05) is 6.54 Å². The minimum Gasteiger partial charge on any atom is -0.374 e. The van der Waals surface area contributed by atoms with E-state index in [0.717, 1.165) is 18.5 Å². The summed E-state index contributed by atoms with van der Waals surface area (Å²) >= 11 is 0. The number of hydrogen-bond donors (Lipinski definition) is 0. The van der Waals surface area contributed by atoms with Crippen LogP contribution in [-0.2, 0) is 4.74 Å². The molecule has 0 N–H and O–H groups in total. The molecule has 2 heteroatoms. The van der Waals surface area contributed by atoms with E-state index in [4.69, 9.17) is 4.74 Å². The highest BCUT2D eigenvalue weighted by molar-refractivity contribution is 4.91. The lowest BCUT2D eigenvalue weighted by Crippen LogP contribution is -2.38. The van der Waals surface area contributed by atoms with Gasteiger partial charge in [-0.1, -0.05) is 13.8 Å². The Morgan fingerprint density at radius 3 is 2.13 bits per heavy atom. The maximum atomic E-state index is 6.04. The lowest BCUT2D eigenvalue weighted by Gasteiger charge is -2.30. The van der Waals surface area contributed by atoms with Gasteiger partial charge in [0, 0.05) is 18.6 Å². The third-order valence-corrected chi connectivity index (χ3v) is 3.69. The molecule has 1 saturated carbocycles. The maximum absolute atomic E-state index is 6.04. The summed E-state index contributed by atoms with van der Waals surface area (Å²) in [5, 5.41) is 0. The number of likely N-dealkylation sites (tertiary alicyclic amines) is 1. The topological polar surface area (TPSA) is 12.5 Å². The number of rotatable bonds is 4. The molecule has 0 aromatic rings. The fourth-order valence-electron chi connectivity index (χ4n) is 2.67. The van der Waals surface area contributed by atoms with E-state index in [1.54, 1.807) is 0 Å². The van der Waals surface area contributed by atoms with Gasteiger partial charge >= 0.3 is 0 Å². The van der Waals surface area contributed by atoms with Crippen LogP contribution in [0.25, 0.3) is 0 Å². The molecular formula is C13H25NO. The molecule has 1 saturated heterocycles. The predicted octanol–water partition coefficient (Wildman–Crippen LogP) is 2.67. The van der Waals surface area contributed by atoms with Crippen LogP contribution in [0.5, 0.6) is 0 Å². The van der Waals surface area contributed by atoms with Gasteiger partial charge in [0.05, 0.1) is 12.2 Å². The second-order valence-electron chi connectivity index (χ2n) is 5.80. The molecule has 0 aromatic heterocycles. The van der Waals surface area contributed by atoms with E-state index >= 15 is 0 Å². The van der Waals surface area contributed by atoms with E-state index in [0.29, 0.717) is 18.2 Å². The van der Waals surface area contributed by atoms with E-state index < -0.39 is 0 Å². The summed E-state index contributed by atoms with van der Waals surface area (Å²) in [5.41, 5.74) is 0. The van der Waals surface area contributed by atoms with Gasteiger partial charge in [0.2, 0.25) is 0 Å². The minimum atomic E-state index is 0.507. The number of ether oxygens (including phenoxy) is 1. The summed E-state index contributed by atoms with van der Waals surface area (Å²) in [4.78, 5) is 2.62. The zero-order valence-corrected chi connectivity index (χ0v) is 10.6. The van der Waals surface area contributed by atoms with Crippen molar-refractivity contribution < 1.29 is 4.74 Å². The lowest BCUT2D eigenvalue weighted by atomic mass is 10.0. The summed E-state index contributed by atoms with van der Waals surface area (Å²) < 4.78 is 6.04. The van der Waals surface area contributed by atoms with Gasteiger partial charge in [0.15, 0.2) is 0 Å². The molecule has 1 aliphatic carbocycles. The van der Waals surface area contributed by atoms with Crippen LogP contribution in [0.15, 0.2) is 0 Å². The molecule has 0 amide bonds. The van der Waals surface area contributed by atoms with Crippen molar-refractivity contribution in [2.24, 2.45) is 5.92 Å². The van der Waals surface area contributed by atoms with E-state index in [2.05, 4.69) is 32.6 Å². The van der Waals surface area contributed by atoms with Crippen LogP contribution >= 0.6 is 0 Å². The van der Waals surface area contributed by atoms with Crippen molar-refractivity contribution in [3.05, 3.63) is 0 Å². The smallest absolute Gasteiger partial charge is 0.0720 e. The van der Waals surface area contributed by atoms with E-state index in [-0.39, 0.29) is 0 Å². The lowest BCUT2D eigenvalue weighted by molar-refractivity contribution is 0.0438. The van der Waals surface area contributed by atoms with Crippen molar-refractivity contribution in [3.8, 4) is 0 Å². The highest BCUT2D eigenvalue weighted by Gasteiger charge is 2.38. The monoisotopic (exact) mass is 211 g/mol. The van der Waals surface area contributed by atoms with Crippen molar-refractivity contribution in [2.45, 2.75) is 71.2 Å².